The maximum absolute atomic E-state index is 11.2. The van der Waals surface area contributed by atoms with Crippen molar-refractivity contribution in [3.05, 3.63) is 18.2 Å². The van der Waals surface area contributed by atoms with Crippen LogP contribution in [0, 0.1) is 11.3 Å². The number of nitriles is 1. The van der Waals surface area contributed by atoms with Gasteiger partial charge in [0.15, 0.2) is 0 Å². The van der Waals surface area contributed by atoms with E-state index in [2.05, 4.69) is 15.6 Å². The molecule has 6 heteroatoms. The van der Waals surface area contributed by atoms with E-state index in [4.69, 9.17) is 5.26 Å². The molecule has 6 nitrogen and oxygen atoms in total. The maximum Gasteiger partial charge on any atom is 0.238 e. The molecule has 2 aromatic rings. The fraction of sp³-hybridized carbons (Fsp3) is 0.200. The first-order valence-corrected chi connectivity index (χ1v) is 4.67. The largest absolute Gasteiger partial charge is 0.325 e. The summed E-state index contributed by atoms with van der Waals surface area (Å²) < 4.78 is 1.65. The van der Waals surface area contributed by atoms with Gasteiger partial charge in [0.05, 0.1) is 11.6 Å². The monoisotopic (exact) mass is 215 g/mol. The van der Waals surface area contributed by atoms with Gasteiger partial charge < -0.3 is 5.32 Å². The molecule has 2 rings (SSSR count). The van der Waals surface area contributed by atoms with Crippen molar-refractivity contribution in [1.29, 1.82) is 5.26 Å². The molecule has 0 saturated carbocycles. The number of benzene rings is 1. The van der Waals surface area contributed by atoms with E-state index in [1.54, 1.807) is 29.9 Å². The van der Waals surface area contributed by atoms with Gasteiger partial charge in [0, 0.05) is 12.7 Å². The smallest absolute Gasteiger partial charge is 0.238 e. The molecule has 1 aromatic carbocycles. The summed E-state index contributed by atoms with van der Waals surface area (Å²) in [6.45, 7) is 0. The molecular weight excluding hydrogens is 206 g/mol. The summed E-state index contributed by atoms with van der Waals surface area (Å²) in [4.78, 5) is 11.2. The van der Waals surface area contributed by atoms with E-state index in [9.17, 15) is 4.79 Å². The van der Waals surface area contributed by atoms with Crippen molar-refractivity contribution in [2.75, 3.05) is 5.32 Å². The van der Waals surface area contributed by atoms with Crippen LogP contribution in [-0.2, 0) is 11.8 Å². The Kier molecular flexibility index (Phi) is 2.52. The van der Waals surface area contributed by atoms with Crippen LogP contribution in [0.4, 0.5) is 5.69 Å². The van der Waals surface area contributed by atoms with Crippen LogP contribution < -0.4 is 5.32 Å². The molecule has 0 bridgehead atoms. The van der Waals surface area contributed by atoms with Gasteiger partial charge in [-0.05, 0) is 18.2 Å². The van der Waals surface area contributed by atoms with E-state index >= 15 is 0 Å². The minimum Gasteiger partial charge on any atom is -0.325 e. The number of carbonyl (C=O) groups excluding carboxylic acids is 1. The van der Waals surface area contributed by atoms with Crippen LogP contribution in [0.2, 0.25) is 0 Å². The van der Waals surface area contributed by atoms with Gasteiger partial charge in [-0.15, -0.1) is 5.10 Å². The van der Waals surface area contributed by atoms with Gasteiger partial charge in [0.25, 0.3) is 0 Å². The minimum atomic E-state index is -0.328. The number of anilines is 1. The molecule has 1 heterocycles. The van der Waals surface area contributed by atoms with E-state index in [-0.39, 0.29) is 12.3 Å². The lowest BCUT2D eigenvalue weighted by atomic mass is 10.2. The topological polar surface area (TPSA) is 83.6 Å². The molecule has 0 radical (unpaired) electrons. The first-order valence-electron chi connectivity index (χ1n) is 4.67. The Bertz CT molecular complexity index is 580. The number of carbonyl (C=O) groups is 1. The molecule has 1 N–H and O–H groups in total. The van der Waals surface area contributed by atoms with Gasteiger partial charge in [0.1, 0.15) is 11.9 Å². The van der Waals surface area contributed by atoms with Crippen molar-refractivity contribution in [2.45, 2.75) is 6.42 Å². The summed E-state index contributed by atoms with van der Waals surface area (Å²) in [5.41, 5.74) is 2.21. The highest BCUT2D eigenvalue weighted by Gasteiger charge is 2.05. The molecule has 0 unspecified atom stereocenters. The Balaban J connectivity index is 2.27. The quantitative estimate of drug-likeness (QED) is 0.803. The van der Waals surface area contributed by atoms with Crippen molar-refractivity contribution in [3.63, 3.8) is 0 Å². The number of nitrogens with zero attached hydrogens (tertiary/aromatic N) is 4. The lowest BCUT2D eigenvalue weighted by molar-refractivity contribution is -0.115. The normalized spacial score (nSPS) is 10.0. The minimum absolute atomic E-state index is 0.154. The number of aromatic nitrogens is 3. The zero-order valence-corrected chi connectivity index (χ0v) is 8.64. The molecule has 0 spiro atoms. The number of fused-ring (bicyclic) bond motifs is 1. The predicted octanol–water partition coefficient (Wildman–Crippen LogP) is 0.820. The van der Waals surface area contributed by atoms with Crippen molar-refractivity contribution in [1.82, 2.24) is 15.0 Å². The first kappa shape index (κ1) is 10.1. The van der Waals surface area contributed by atoms with Crippen LogP contribution in [0.1, 0.15) is 6.42 Å². The van der Waals surface area contributed by atoms with Gasteiger partial charge in [0.2, 0.25) is 5.91 Å². The molecular formula is C10H9N5O. The standard InChI is InChI=1S/C10H9N5O/c1-15-9-3-2-7(6-8(9)13-14-15)12-10(16)4-5-11/h2-3,6H,4H2,1H3,(H,12,16). The van der Waals surface area contributed by atoms with Crippen LogP contribution in [0.25, 0.3) is 11.0 Å². The second kappa shape index (κ2) is 3.98. The Morgan fingerprint density at radius 2 is 2.44 bits per heavy atom. The number of aryl methyl sites for hydroxylation is 1. The molecule has 0 aliphatic rings. The second-order valence-corrected chi connectivity index (χ2v) is 3.30. The summed E-state index contributed by atoms with van der Waals surface area (Å²) in [6.07, 6.45) is -0.154. The molecule has 0 atom stereocenters. The van der Waals surface area contributed by atoms with Gasteiger partial charge >= 0.3 is 0 Å². The molecule has 80 valence electrons. The third kappa shape index (κ3) is 1.83. The summed E-state index contributed by atoms with van der Waals surface area (Å²) in [5, 5.41) is 18.7. The van der Waals surface area contributed by atoms with Gasteiger partial charge in [-0.2, -0.15) is 5.26 Å². The number of hydrogen-bond acceptors (Lipinski definition) is 4. The van der Waals surface area contributed by atoms with Gasteiger partial charge in [-0.3, -0.25) is 4.79 Å². The third-order valence-electron chi connectivity index (χ3n) is 2.13. The lowest BCUT2D eigenvalue weighted by Crippen LogP contribution is -2.09. The maximum atomic E-state index is 11.2. The van der Waals surface area contributed by atoms with Gasteiger partial charge in [-0.25, -0.2) is 4.68 Å². The second-order valence-electron chi connectivity index (χ2n) is 3.30. The van der Waals surface area contributed by atoms with E-state index in [0.717, 1.165) is 5.52 Å². The summed E-state index contributed by atoms with van der Waals surface area (Å²) >= 11 is 0. The molecule has 1 amide bonds. The Morgan fingerprint density at radius 1 is 1.62 bits per heavy atom. The molecule has 0 aliphatic carbocycles. The van der Waals surface area contributed by atoms with E-state index in [0.29, 0.717) is 11.2 Å². The third-order valence-corrected chi connectivity index (χ3v) is 2.13. The van der Waals surface area contributed by atoms with Gasteiger partial charge in [-0.1, -0.05) is 5.21 Å². The van der Waals surface area contributed by atoms with Crippen LogP contribution >= 0.6 is 0 Å². The van der Waals surface area contributed by atoms with Crippen molar-refractivity contribution in [2.24, 2.45) is 7.05 Å². The first-order chi connectivity index (χ1) is 7.70. The fourth-order valence-corrected chi connectivity index (χ4v) is 1.40. The number of hydrogen-bond donors (Lipinski definition) is 1. The van der Waals surface area contributed by atoms with Crippen LogP contribution in [0.15, 0.2) is 18.2 Å². The number of amides is 1. The molecule has 16 heavy (non-hydrogen) atoms. The highest BCUT2D eigenvalue weighted by atomic mass is 16.1. The summed E-state index contributed by atoms with van der Waals surface area (Å²) in [6, 6.07) is 7.07. The average Bonchev–Trinajstić information content (AvgIpc) is 2.60. The molecule has 0 saturated heterocycles. The van der Waals surface area contributed by atoms with Crippen LogP contribution in [-0.4, -0.2) is 20.9 Å². The van der Waals surface area contributed by atoms with E-state index < -0.39 is 0 Å². The summed E-state index contributed by atoms with van der Waals surface area (Å²) in [5.74, 6) is -0.328. The zero-order chi connectivity index (χ0) is 11.5. The van der Waals surface area contributed by atoms with Crippen LogP contribution in [0.5, 0.6) is 0 Å². The Morgan fingerprint density at radius 3 is 3.19 bits per heavy atom. The molecule has 0 aliphatic heterocycles. The molecule has 1 aromatic heterocycles. The van der Waals surface area contributed by atoms with Crippen molar-refractivity contribution in [3.8, 4) is 6.07 Å². The fourth-order valence-electron chi connectivity index (χ4n) is 1.40. The van der Waals surface area contributed by atoms with Crippen LogP contribution in [0.3, 0.4) is 0 Å². The number of rotatable bonds is 2. The predicted molar refractivity (Wildman–Crippen MR) is 57.4 cm³/mol. The summed E-state index contributed by atoms with van der Waals surface area (Å²) in [7, 11) is 1.79. The lowest BCUT2D eigenvalue weighted by Gasteiger charge is -2.01. The average molecular weight is 215 g/mol. The number of nitrogens with one attached hydrogen (secondary N) is 1. The van der Waals surface area contributed by atoms with Crippen molar-refractivity contribution >= 4 is 22.6 Å². The van der Waals surface area contributed by atoms with E-state index in [1.807, 2.05) is 6.07 Å². The Labute approximate surface area is 91.5 Å². The SMILES string of the molecule is Cn1nnc2cc(NC(=O)CC#N)ccc21. The van der Waals surface area contributed by atoms with E-state index in [1.165, 1.54) is 0 Å². The van der Waals surface area contributed by atoms with Crippen molar-refractivity contribution < 1.29 is 4.79 Å². The molecule has 0 fully saturated rings. The Hall–Kier alpha value is -2.42. The highest BCUT2D eigenvalue weighted by molar-refractivity contribution is 5.93. The zero-order valence-electron chi connectivity index (χ0n) is 8.64. The highest BCUT2D eigenvalue weighted by Crippen LogP contribution is 2.16.